The summed E-state index contributed by atoms with van der Waals surface area (Å²) in [5.74, 6) is -1.16. The SMILES string of the molecule is C[C@]12O[C@@]3(C)O[C@@]3(C)[C@]3(C)O[C@]3(C)[C@@]1(C)O2. The predicted molar refractivity (Wildman–Crippen MR) is 54.8 cm³/mol. The van der Waals surface area contributed by atoms with Gasteiger partial charge in [-0.1, -0.05) is 0 Å². The van der Waals surface area contributed by atoms with Gasteiger partial charge in [0.25, 0.3) is 0 Å². The van der Waals surface area contributed by atoms with Gasteiger partial charge >= 0.3 is 0 Å². The summed E-state index contributed by atoms with van der Waals surface area (Å²) in [6.45, 7) is 12.3. The summed E-state index contributed by atoms with van der Waals surface area (Å²) in [5.41, 5.74) is -1.37. The molecule has 4 heterocycles. The fourth-order valence-electron chi connectivity index (χ4n) is 3.89. The van der Waals surface area contributed by atoms with Crippen LogP contribution >= 0.6 is 0 Å². The van der Waals surface area contributed by atoms with E-state index >= 15 is 0 Å². The summed E-state index contributed by atoms with van der Waals surface area (Å²) in [4.78, 5) is 0. The van der Waals surface area contributed by atoms with Crippen molar-refractivity contribution >= 4 is 0 Å². The van der Waals surface area contributed by atoms with Crippen LogP contribution in [0.5, 0.6) is 0 Å². The van der Waals surface area contributed by atoms with E-state index in [0.29, 0.717) is 0 Å². The molecule has 4 fully saturated rings. The molecule has 0 amide bonds. The van der Waals surface area contributed by atoms with E-state index in [1.54, 1.807) is 0 Å². The Bertz CT molecular complexity index is 401. The van der Waals surface area contributed by atoms with Crippen LogP contribution < -0.4 is 0 Å². The number of rotatable bonds is 0. The summed E-state index contributed by atoms with van der Waals surface area (Å²) in [7, 11) is 0. The molecule has 4 heteroatoms. The minimum Gasteiger partial charge on any atom is -0.356 e. The van der Waals surface area contributed by atoms with Gasteiger partial charge in [-0.25, -0.2) is 0 Å². The lowest BCUT2D eigenvalue weighted by molar-refractivity contribution is -0.134. The van der Waals surface area contributed by atoms with Crippen LogP contribution in [0.2, 0.25) is 0 Å². The molecule has 0 aliphatic carbocycles. The Hall–Kier alpha value is -0.160. The summed E-state index contributed by atoms with van der Waals surface area (Å²) < 4.78 is 23.8. The van der Waals surface area contributed by atoms with Crippen LogP contribution in [0.1, 0.15) is 41.5 Å². The maximum Gasteiger partial charge on any atom is 0.201 e. The fourth-order valence-corrected chi connectivity index (χ4v) is 3.89. The van der Waals surface area contributed by atoms with Gasteiger partial charge in [-0.3, -0.25) is 0 Å². The second-order valence-corrected chi connectivity index (χ2v) is 6.43. The number of hydrogen-bond acceptors (Lipinski definition) is 4. The van der Waals surface area contributed by atoms with E-state index in [9.17, 15) is 0 Å². The Morgan fingerprint density at radius 3 is 1.19 bits per heavy atom. The molecular formula is C12H18O4. The molecule has 6 atom stereocenters. The molecule has 0 aromatic carbocycles. The van der Waals surface area contributed by atoms with Gasteiger partial charge in [0.1, 0.15) is 11.2 Å². The van der Waals surface area contributed by atoms with Crippen LogP contribution in [0.4, 0.5) is 0 Å². The van der Waals surface area contributed by atoms with Gasteiger partial charge in [0.15, 0.2) is 11.2 Å². The molecule has 4 rings (SSSR count). The van der Waals surface area contributed by atoms with Gasteiger partial charge in [-0.05, 0) is 41.5 Å². The quantitative estimate of drug-likeness (QED) is 0.588. The van der Waals surface area contributed by atoms with Crippen molar-refractivity contribution < 1.29 is 18.9 Å². The number of fused-ring (bicyclic) bond motifs is 5. The third kappa shape index (κ3) is 0.578. The second kappa shape index (κ2) is 1.79. The average molecular weight is 226 g/mol. The third-order valence-electron chi connectivity index (χ3n) is 5.93. The molecule has 4 aliphatic rings. The van der Waals surface area contributed by atoms with Crippen LogP contribution in [0, 0.1) is 0 Å². The van der Waals surface area contributed by atoms with Crippen LogP contribution in [0.15, 0.2) is 0 Å². The van der Waals surface area contributed by atoms with E-state index in [1.807, 2.05) is 13.8 Å². The molecule has 4 nitrogen and oxygen atoms in total. The van der Waals surface area contributed by atoms with Gasteiger partial charge in [0.2, 0.25) is 11.6 Å². The first-order valence-electron chi connectivity index (χ1n) is 5.88. The highest BCUT2D eigenvalue weighted by atomic mass is 16.9. The normalized spacial score (nSPS) is 79.1. The van der Waals surface area contributed by atoms with Crippen LogP contribution in [0.25, 0.3) is 0 Å². The summed E-state index contributed by atoms with van der Waals surface area (Å²) in [6.07, 6.45) is 0. The van der Waals surface area contributed by atoms with Crippen molar-refractivity contribution in [1.29, 1.82) is 0 Å². The standard InChI is InChI=1S/C12H18O4/c1-7-8(2,13-7)10(4)12(6,15-10)16-11(5)9(7,3)14-11/h1-6H3/t7-,8+,9+,10-,11-,12+. The van der Waals surface area contributed by atoms with Gasteiger partial charge in [-0.2, -0.15) is 0 Å². The minimum atomic E-state index is -0.581. The van der Waals surface area contributed by atoms with Crippen LogP contribution in [0.3, 0.4) is 0 Å². The lowest BCUT2D eigenvalue weighted by atomic mass is 9.75. The fraction of sp³-hybridized carbons (Fsp3) is 1.00. The molecule has 16 heavy (non-hydrogen) atoms. The molecule has 0 saturated carbocycles. The third-order valence-corrected chi connectivity index (χ3v) is 5.93. The van der Waals surface area contributed by atoms with E-state index in [0.717, 1.165) is 0 Å². The Morgan fingerprint density at radius 2 is 0.812 bits per heavy atom. The first-order chi connectivity index (χ1) is 7.08. The first-order valence-corrected chi connectivity index (χ1v) is 5.88. The van der Waals surface area contributed by atoms with E-state index in [1.165, 1.54) is 0 Å². The molecule has 0 unspecified atom stereocenters. The molecular weight excluding hydrogens is 208 g/mol. The predicted octanol–water partition coefficient (Wildman–Crippen LogP) is 1.57. The van der Waals surface area contributed by atoms with Crippen molar-refractivity contribution in [2.75, 3.05) is 0 Å². The molecule has 0 aromatic heterocycles. The maximum atomic E-state index is 6.05. The van der Waals surface area contributed by atoms with Crippen molar-refractivity contribution in [3.8, 4) is 0 Å². The Balaban J connectivity index is 1.91. The molecule has 4 saturated heterocycles. The second-order valence-electron chi connectivity index (χ2n) is 6.43. The highest BCUT2D eigenvalue weighted by Crippen LogP contribution is 2.80. The van der Waals surface area contributed by atoms with E-state index in [4.69, 9.17) is 18.9 Å². The summed E-state index contributed by atoms with van der Waals surface area (Å²) in [6, 6.07) is 0. The molecule has 0 aromatic rings. The minimum absolute atomic E-state index is 0.322. The van der Waals surface area contributed by atoms with Crippen molar-refractivity contribution in [2.24, 2.45) is 0 Å². The zero-order valence-corrected chi connectivity index (χ0v) is 10.6. The topological polar surface area (TPSA) is 46.8 Å². The highest BCUT2D eigenvalue weighted by molar-refractivity contribution is 5.41. The monoisotopic (exact) mass is 226 g/mol. The largest absolute Gasteiger partial charge is 0.356 e. The Labute approximate surface area is 95.2 Å². The van der Waals surface area contributed by atoms with Crippen molar-refractivity contribution in [3.05, 3.63) is 0 Å². The van der Waals surface area contributed by atoms with Crippen LogP contribution in [-0.4, -0.2) is 34.0 Å². The lowest BCUT2D eigenvalue weighted by Crippen LogP contribution is -2.43. The summed E-state index contributed by atoms with van der Waals surface area (Å²) >= 11 is 0. The number of ether oxygens (including phenoxy) is 4. The highest BCUT2D eigenvalue weighted by Gasteiger charge is 2.99. The van der Waals surface area contributed by atoms with Gasteiger partial charge in [-0.15, -0.1) is 0 Å². The van der Waals surface area contributed by atoms with Gasteiger partial charge < -0.3 is 18.9 Å². The van der Waals surface area contributed by atoms with Crippen molar-refractivity contribution in [3.63, 3.8) is 0 Å². The Morgan fingerprint density at radius 1 is 0.438 bits per heavy atom. The molecule has 0 bridgehead atoms. The summed E-state index contributed by atoms with van der Waals surface area (Å²) in [5, 5.41) is 0. The van der Waals surface area contributed by atoms with Gasteiger partial charge in [0.05, 0.1) is 0 Å². The number of hydrogen-bond donors (Lipinski definition) is 0. The number of epoxide rings is 3. The molecule has 0 radical (unpaired) electrons. The maximum absolute atomic E-state index is 6.05. The lowest BCUT2D eigenvalue weighted by Gasteiger charge is -2.18. The molecule has 0 spiro atoms. The average Bonchev–Trinajstić information content (AvgIpc) is 2.97. The zero-order chi connectivity index (χ0) is 11.8. The van der Waals surface area contributed by atoms with E-state index < -0.39 is 11.6 Å². The zero-order valence-electron chi connectivity index (χ0n) is 10.6. The van der Waals surface area contributed by atoms with E-state index in [2.05, 4.69) is 27.7 Å². The molecule has 0 N–H and O–H groups in total. The van der Waals surface area contributed by atoms with Crippen molar-refractivity contribution in [2.45, 2.75) is 75.5 Å². The van der Waals surface area contributed by atoms with E-state index in [-0.39, 0.29) is 22.4 Å². The molecule has 90 valence electrons. The first kappa shape index (κ1) is 9.83. The Kier molecular flexibility index (Phi) is 1.10. The molecule has 4 aliphatic heterocycles. The smallest absolute Gasteiger partial charge is 0.201 e. The van der Waals surface area contributed by atoms with Gasteiger partial charge in [0, 0.05) is 0 Å². The van der Waals surface area contributed by atoms with Crippen LogP contribution in [-0.2, 0) is 18.9 Å². The van der Waals surface area contributed by atoms with Crippen molar-refractivity contribution in [1.82, 2.24) is 0 Å².